The Kier molecular flexibility index (Phi) is 4.98. The summed E-state index contributed by atoms with van der Waals surface area (Å²) < 4.78 is 1.67. The van der Waals surface area contributed by atoms with Gasteiger partial charge in [0.1, 0.15) is 5.82 Å². The Morgan fingerprint density at radius 3 is 2.58 bits per heavy atom. The first kappa shape index (κ1) is 19.8. The molecule has 31 heavy (non-hydrogen) atoms. The fourth-order valence-electron chi connectivity index (χ4n) is 4.76. The number of hydrogen-bond acceptors (Lipinski definition) is 6. The molecular weight excluding hydrogens is 388 g/mol. The van der Waals surface area contributed by atoms with E-state index in [1.54, 1.807) is 16.8 Å². The van der Waals surface area contributed by atoms with Gasteiger partial charge in [-0.15, -0.1) is 0 Å². The molecule has 0 saturated carbocycles. The molecule has 0 spiro atoms. The molecule has 2 aliphatic heterocycles. The predicted octanol–water partition coefficient (Wildman–Crippen LogP) is 2.91. The van der Waals surface area contributed by atoms with Gasteiger partial charge >= 0.3 is 0 Å². The van der Waals surface area contributed by atoms with Crippen LogP contribution in [0.25, 0.3) is 11.3 Å². The molecule has 7 nitrogen and oxygen atoms in total. The molecule has 0 amide bonds. The normalized spacial score (nSPS) is 21.5. The fourth-order valence-corrected chi connectivity index (χ4v) is 4.76. The molecular formula is C24H28N6O. The maximum absolute atomic E-state index is 12.8. The summed E-state index contributed by atoms with van der Waals surface area (Å²) in [6.07, 6.45) is 2.90. The van der Waals surface area contributed by atoms with Crippen molar-refractivity contribution >= 4 is 11.8 Å². The standard InChI is InChI=1S/C24H28N6O/c1-16(17-7-5-4-6-8-17)26-22-11-18(9-10-25-22)21-13-23(31)29(3)24(27-21)30-15-19-12-20(30)14-28(19)2/h4-11,13,16,19-20H,12,14-15H2,1-3H3,(H,25,26)/t16-,19-,20-/m0/s1. The minimum Gasteiger partial charge on any atom is -0.364 e. The van der Waals surface area contributed by atoms with Crippen molar-refractivity contribution in [3.63, 3.8) is 0 Å². The summed E-state index contributed by atoms with van der Waals surface area (Å²) in [6.45, 7) is 4.05. The summed E-state index contributed by atoms with van der Waals surface area (Å²) in [5.74, 6) is 1.52. The van der Waals surface area contributed by atoms with Crippen molar-refractivity contribution in [3.8, 4) is 11.3 Å². The van der Waals surface area contributed by atoms with Crippen molar-refractivity contribution in [1.29, 1.82) is 0 Å². The Morgan fingerprint density at radius 1 is 1.06 bits per heavy atom. The Morgan fingerprint density at radius 2 is 1.87 bits per heavy atom. The number of pyridine rings is 1. The van der Waals surface area contributed by atoms with Crippen LogP contribution in [0.1, 0.15) is 24.9 Å². The van der Waals surface area contributed by atoms with Crippen LogP contribution in [-0.2, 0) is 7.05 Å². The number of nitrogens with one attached hydrogen (secondary N) is 1. The highest BCUT2D eigenvalue weighted by Crippen LogP contribution is 2.33. The van der Waals surface area contributed by atoms with Crippen molar-refractivity contribution in [1.82, 2.24) is 19.4 Å². The van der Waals surface area contributed by atoms with Gasteiger partial charge in [0.05, 0.1) is 5.69 Å². The largest absolute Gasteiger partial charge is 0.364 e. The van der Waals surface area contributed by atoms with Crippen molar-refractivity contribution in [3.05, 3.63) is 70.6 Å². The highest BCUT2D eigenvalue weighted by atomic mass is 16.1. The summed E-state index contributed by atoms with van der Waals surface area (Å²) in [5, 5.41) is 3.45. The average molecular weight is 417 g/mol. The lowest BCUT2D eigenvalue weighted by Crippen LogP contribution is -2.46. The first-order chi connectivity index (χ1) is 15.0. The average Bonchev–Trinajstić information content (AvgIpc) is 3.36. The molecule has 160 valence electrons. The smallest absolute Gasteiger partial charge is 0.255 e. The van der Waals surface area contributed by atoms with Crippen molar-refractivity contribution in [2.45, 2.75) is 31.5 Å². The summed E-state index contributed by atoms with van der Waals surface area (Å²) in [5.41, 5.74) is 2.73. The molecule has 2 aromatic heterocycles. The topological polar surface area (TPSA) is 66.3 Å². The molecule has 0 aliphatic carbocycles. The van der Waals surface area contributed by atoms with Gasteiger partial charge in [0, 0.05) is 56.1 Å². The lowest BCUT2D eigenvalue weighted by Gasteiger charge is -2.33. The highest BCUT2D eigenvalue weighted by Gasteiger charge is 2.42. The third-order valence-corrected chi connectivity index (χ3v) is 6.60. The monoisotopic (exact) mass is 416 g/mol. The van der Waals surface area contributed by atoms with Gasteiger partial charge in [-0.2, -0.15) is 0 Å². The van der Waals surface area contributed by atoms with Crippen LogP contribution in [0, 0.1) is 0 Å². The molecule has 1 N–H and O–H groups in total. The first-order valence-corrected chi connectivity index (χ1v) is 10.8. The van der Waals surface area contributed by atoms with Crippen molar-refractivity contribution in [2.75, 3.05) is 30.4 Å². The lowest BCUT2D eigenvalue weighted by atomic mass is 10.1. The predicted molar refractivity (Wildman–Crippen MR) is 123 cm³/mol. The van der Waals surface area contributed by atoms with E-state index in [0.717, 1.165) is 36.8 Å². The summed E-state index contributed by atoms with van der Waals surface area (Å²) in [7, 11) is 3.98. The van der Waals surface area contributed by atoms with Gasteiger partial charge in [-0.25, -0.2) is 9.97 Å². The fraction of sp³-hybridized carbons (Fsp3) is 0.375. The van der Waals surface area contributed by atoms with Crippen LogP contribution in [0.5, 0.6) is 0 Å². The van der Waals surface area contributed by atoms with E-state index in [1.807, 2.05) is 37.4 Å². The number of hydrogen-bond donors (Lipinski definition) is 1. The zero-order valence-electron chi connectivity index (χ0n) is 18.2. The van der Waals surface area contributed by atoms with E-state index in [4.69, 9.17) is 4.98 Å². The molecule has 7 heteroatoms. The maximum Gasteiger partial charge on any atom is 0.255 e. The van der Waals surface area contributed by atoms with Gasteiger partial charge in [-0.3, -0.25) is 14.3 Å². The Bertz CT molecular complexity index is 1140. The Labute approximate surface area is 182 Å². The number of aromatic nitrogens is 3. The van der Waals surface area contributed by atoms with Gasteiger partial charge in [0.25, 0.3) is 5.56 Å². The van der Waals surface area contributed by atoms with Gasteiger partial charge < -0.3 is 10.2 Å². The zero-order valence-corrected chi connectivity index (χ0v) is 18.2. The second kappa shape index (κ2) is 7.81. The molecule has 3 aromatic rings. The number of fused-ring (bicyclic) bond motifs is 2. The van der Waals surface area contributed by atoms with Crippen LogP contribution in [-0.4, -0.2) is 51.7 Å². The molecule has 0 unspecified atom stereocenters. The lowest BCUT2D eigenvalue weighted by molar-refractivity contribution is 0.290. The molecule has 2 fully saturated rings. The SMILES string of the molecule is C[C@H](Nc1cc(-c2cc(=O)n(C)c(N3C[C@@H]4C[C@H]3CN4C)n2)ccn1)c1ccccc1. The number of likely N-dealkylation sites (N-methyl/N-ethyl adjacent to an activating group) is 1. The molecule has 2 bridgehead atoms. The van der Waals surface area contributed by atoms with E-state index in [2.05, 4.69) is 46.2 Å². The van der Waals surface area contributed by atoms with Gasteiger partial charge in [0.2, 0.25) is 5.95 Å². The number of likely N-dealkylation sites (tertiary alicyclic amines) is 1. The number of nitrogens with zero attached hydrogens (tertiary/aromatic N) is 5. The van der Waals surface area contributed by atoms with Crippen LogP contribution in [0.15, 0.2) is 59.5 Å². The second-order valence-electron chi connectivity index (χ2n) is 8.68. The van der Waals surface area contributed by atoms with Crippen LogP contribution in [0.3, 0.4) is 0 Å². The highest BCUT2D eigenvalue weighted by molar-refractivity contribution is 5.64. The maximum atomic E-state index is 12.8. The number of piperazine rings is 1. The summed E-state index contributed by atoms with van der Waals surface area (Å²) in [6, 6.07) is 16.8. The third kappa shape index (κ3) is 3.70. The van der Waals surface area contributed by atoms with E-state index in [0.29, 0.717) is 17.8 Å². The van der Waals surface area contributed by atoms with Crippen LogP contribution >= 0.6 is 0 Å². The summed E-state index contributed by atoms with van der Waals surface area (Å²) >= 11 is 0. The van der Waals surface area contributed by atoms with Crippen LogP contribution in [0.2, 0.25) is 0 Å². The Hall–Kier alpha value is -3.19. The van der Waals surface area contributed by atoms with Gasteiger partial charge in [-0.1, -0.05) is 30.3 Å². The van der Waals surface area contributed by atoms with E-state index < -0.39 is 0 Å². The van der Waals surface area contributed by atoms with Crippen LogP contribution < -0.4 is 15.8 Å². The molecule has 0 radical (unpaired) electrons. The van der Waals surface area contributed by atoms with E-state index in [1.165, 1.54) is 5.56 Å². The molecule has 1 aromatic carbocycles. The van der Waals surface area contributed by atoms with E-state index in [-0.39, 0.29) is 11.6 Å². The molecule has 3 atom stereocenters. The zero-order chi connectivity index (χ0) is 21.5. The molecule has 2 saturated heterocycles. The van der Waals surface area contributed by atoms with Crippen molar-refractivity contribution in [2.24, 2.45) is 7.05 Å². The van der Waals surface area contributed by atoms with Gasteiger partial charge in [0.15, 0.2) is 0 Å². The quantitative estimate of drug-likeness (QED) is 0.690. The molecule has 2 aliphatic rings. The number of anilines is 2. The minimum absolute atomic E-state index is 0.0416. The van der Waals surface area contributed by atoms with E-state index >= 15 is 0 Å². The first-order valence-electron chi connectivity index (χ1n) is 10.8. The van der Waals surface area contributed by atoms with Crippen molar-refractivity contribution < 1.29 is 0 Å². The number of benzene rings is 1. The minimum atomic E-state index is -0.0416. The van der Waals surface area contributed by atoms with Gasteiger partial charge in [-0.05, 0) is 38.1 Å². The summed E-state index contributed by atoms with van der Waals surface area (Å²) in [4.78, 5) is 26.9. The molecule has 5 rings (SSSR count). The third-order valence-electron chi connectivity index (χ3n) is 6.60. The Balaban J connectivity index is 1.44. The van der Waals surface area contributed by atoms with E-state index in [9.17, 15) is 4.79 Å². The number of rotatable bonds is 5. The second-order valence-corrected chi connectivity index (χ2v) is 8.68. The molecule has 4 heterocycles. The van der Waals surface area contributed by atoms with Crippen LogP contribution in [0.4, 0.5) is 11.8 Å².